The van der Waals surface area contributed by atoms with Gasteiger partial charge in [-0.15, -0.1) is 0 Å². The van der Waals surface area contributed by atoms with Crippen LogP contribution in [0.1, 0.15) is 15.9 Å². The number of hydrogen-bond acceptors (Lipinski definition) is 3. The summed E-state index contributed by atoms with van der Waals surface area (Å²) in [7, 11) is 1.38. The highest BCUT2D eigenvalue weighted by Crippen LogP contribution is 2.19. The van der Waals surface area contributed by atoms with E-state index in [1.165, 1.54) is 37.4 Å². The molecule has 1 saturated heterocycles. The molecule has 0 saturated carbocycles. The van der Waals surface area contributed by atoms with Crippen LogP contribution in [-0.2, 0) is 11.2 Å². The van der Waals surface area contributed by atoms with Crippen molar-refractivity contribution in [2.45, 2.75) is 6.42 Å². The number of halogens is 2. The molecule has 3 rings (SSSR count). The van der Waals surface area contributed by atoms with Gasteiger partial charge in [0.25, 0.3) is 5.91 Å². The quantitative estimate of drug-likeness (QED) is 0.826. The lowest BCUT2D eigenvalue weighted by atomic mass is 10.1. The Morgan fingerprint density at radius 1 is 1.00 bits per heavy atom. The van der Waals surface area contributed by atoms with Crippen molar-refractivity contribution in [3.8, 4) is 5.75 Å². The number of methoxy groups -OCH3 is 1. The largest absolute Gasteiger partial charge is 0.494 e. The van der Waals surface area contributed by atoms with Gasteiger partial charge in [-0.3, -0.25) is 9.59 Å². The van der Waals surface area contributed by atoms with E-state index in [1.807, 2.05) is 0 Å². The van der Waals surface area contributed by atoms with Crippen LogP contribution in [0.25, 0.3) is 0 Å². The molecule has 0 radical (unpaired) electrons. The molecule has 1 aliphatic heterocycles. The zero-order valence-corrected chi connectivity index (χ0v) is 15.0. The molecule has 0 bridgehead atoms. The number of piperazine rings is 1. The summed E-state index contributed by atoms with van der Waals surface area (Å²) in [5, 5.41) is 0. The predicted molar refractivity (Wildman–Crippen MR) is 95.5 cm³/mol. The van der Waals surface area contributed by atoms with E-state index in [1.54, 1.807) is 21.9 Å². The summed E-state index contributed by atoms with van der Waals surface area (Å²) in [6.45, 7) is 1.52. The number of carbonyl (C=O) groups is 2. The van der Waals surface area contributed by atoms with Gasteiger partial charge in [0.15, 0.2) is 11.6 Å². The molecule has 0 atom stereocenters. The minimum absolute atomic E-state index is 0.0821. The summed E-state index contributed by atoms with van der Waals surface area (Å²) in [5.74, 6) is -1.21. The van der Waals surface area contributed by atoms with Crippen molar-refractivity contribution in [1.82, 2.24) is 9.80 Å². The summed E-state index contributed by atoms with van der Waals surface area (Å²) < 4.78 is 31.9. The number of ether oxygens (including phenoxy) is 1. The summed E-state index contributed by atoms with van der Waals surface area (Å²) in [6.07, 6.45) is 0.0821. The van der Waals surface area contributed by atoms with E-state index in [0.29, 0.717) is 37.3 Å². The standard InChI is InChI=1S/C20H20F2N2O3/c1-27-18-6-5-14(11-17(18)22)12-19(25)23-7-9-24(10-8-23)20(26)15-3-2-4-16(21)13-15/h2-6,11,13H,7-10,12H2,1H3. The molecule has 7 heteroatoms. The number of carbonyl (C=O) groups excluding carboxylic acids is 2. The molecule has 0 N–H and O–H groups in total. The van der Waals surface area contributed by atoms with Gasteiger partial charge in [-0.05, 0) is 35.9 Å². The lowest BCUT2D eigenvalue weighted by molar-refractivity contribution is -0.131. The molecule has 1 aliphatic rings. The van der Waals surface area contributed by atoms with Crippen molar-refractivity contribution < 1.29 is 23.1 Å². The fourth-order valence-electron chi connectivity index (χ4n) is 3.07. The third kappa shape index (κ3) is 4.42. The summed E-state index contributed by atoms with van der Waals surface area (Å²) in [6, 6.07) is 10.0. The van der Waals surface area contributed by atoms with E-state index in [4.69, 9.17) is 4.74 Å². The molecular formula is C20H20F2N2O3. The third-order valence-corrected chi connectivity index (χ3v) is 4.56. The molecule has 0 aromatic heterocycles. The molecule has 2 aromatic rings. The highest BCUT2D eigenvalue weighted by atomic mass is 19.1. The Morgan fingerprint density at radius 2 is 1.70 bits per heavy atom. The summed E-state index contributed by atoms with van der Waals surface area (Å²) >= 11 is 0. The topological polar surface area (TPSA) is 49.9 Å². The Kier molecular flexibility index (Phi) is 5.69. The predicted octanol–water partition coefficient (Wildman–Crippen LogP) is 2.50. The maximum Gasteiger partial charge on any atom is 0.254 e. The van der Waals surface area contributed by atoms with Crippen LogP contribution in [0, 0.1) is 11.6 Å². The Bertz CT molecular complexity index is 849. The minimum atomic E-state index is -0.506. The maximum atomic E-state index is 13.8. The normalized spacial score (nSPS) is 14.2. The lowest BCUT2D eigenvalue weighted by Crippen LogP contribution is -2.51. The van der Waals surface area contributed by atoms with Crippen LogP contribution in [0.15, 0.2) is 42.5 Å². The van der Waals surface area contributed by atoms with Crippen molar-refractivity contribution in [3.05, 3.63) is 65.2 Å². The smallest absolute Gasteiger partial charge is 0.254 e. The molecule has 2 aromatic carbocycles. The fraction of sp³-hybridized carbons (Fsp3) is 0.300. The van der Waals surface area contributed by atoms with Crippen LogP contribution >= 0.6 is 0 Å². The van der Waals surface area contributed by atoms with Gasteiger partial charge in [0.1, 0.15) is 5.82 Å². The zero-order valence-electron chi connectivity index (χ0n) is 15.0. The number of amides is 2. The molecule has 142 valence electrons. The van der Waals surface area contributed by atoms with Crippen LogP contribution < -0.4 is 4.74 Å². The Balaban J connectivity index is 1.56. The van der Waals surface area contributed by atoms with E-state index < -0.39 is 11.6 Å². The maximum absolute atomic E-state index is 13.8. The number of benzene rings is 2. The second-order valence-electron chi connectivity index (χ2n) is 6.33. The van der Waals surface area contributed by atoms with Crippen molar-refractivity contribution in [2.75, 3.05) is 33.3 Å². The molecule has 0 aliphatic carbocycles. The third-order valence-electron chi connectivity index (χ3n) is 4.56. The second-order valence-corrected chi connectivity index (χ2v) is 6.33. The number of nitrogens with zero attached hydrogens (tertiary/aromatic N) is 2. The van der Waals surface area contributed by atoms with Crippen LogP contribution in [0.5, 0.6) is 5.75 Å². The average Bonchev–Trinajstić information content (AvgIpc) is 2.67. The van der Waals surface area contributed by atoms with Crippen molar-refractivity contribution in [1.29, 1.82) is 0 Å². The van der Waals surface area contributed by atoms with Gasteiger partial charge in [-0.2, -0.15) is 0 Å². The molecule has 0 spiro atoms. The van der Waals surface area contributed by atoms with Gasteiger partial charge in [0, 0.05) is 31.7 Å². The molecule has 1 fully saturated rings. The first kappa shape index (κ1) is 18.8. The molecule has 5 nitrogen and oxygen atoms in total. The Morgan fingerprint density at radius 3 is 2.33 bits per heavy atom. The van der Waals surface area contributed by atoms with Gasteiger partial charge in [0.2, 0.25) is 5.91 Å². The van der Waals surface area contributed by atoms with Gasteiger partial charge < -0.3 is 14.5 Å². The van der Waals surface area contributed by atoms with Gasteiger partial charge >= 0.3 is 0 Å². The molecular weight excluding hydrogens is 354 g/mol. The van der Waals surface area contributed by atoms with Gasteiger partial charge in [-0.1, -0.05) is 12.1 Å². The molecule has 27 heavy (non-hydrogen) atoms. The number of hydrogen-bond donors (Lipinski definition) is 0. The van der Waals surface area contributed by atoms with E-state index >= 15 is 0 Å². The highest BCUT2D eigenvalue weighted by Gasteiger charge is 2.25. The van der Waals surface area contributed by atoms with Crippen molar-refractivity contribution in [2.24, 2.45) is 0 Å². The van der Waals surface area contributed by atoms with Gasteiger partial charge in [0.05, 0.1) is 13.5 Å². The van der Waals surface area contributed by atoms with Crippen molar-refractivity contribution in [3.63, 3.8) is 0 Å². The van der Waals surface area contributed by atoms with E-state index in [0.717, 1.165) is 0 Å². The molecule has 2 amide bonds. The highest BCUT2D eigenvalue weighted by molar-refractivity contribution is 5.94. The summed E-state index contributed by atoms with van der Waals surface area (Å²) in [4.78, 5) is 28.1. The van der Waals surface area contributed by atoms with Crippen LogP contribution in [0.2, 0.25) is 0 Å². The van der Waals surface area contributed by atoms with Crippen molar-refractivity contribution >= 4 is 11.8 Å². The van der Waals surface area contributed by atoms with Gasteiger partial charge in [-0.25, -0.2) is 8.78 Å². The van der Waals surface area contributed by atoms with E-state index in [9.17, 15) is 18.4 Å². The zero-order chi connectivity index (χ0) is 19.4. The SMILES string of the molecule is COc1ccc(CC(=O)N2CCN(C(=O)c3cccc(F)c3)CC2)cc1F. The summed E-state index contributed by atoms with van der Waals surface area (Å²) in [5.41, 5.74) is 0.861. The Labute approximate surface area is 156 Å². The monoisotopic (exact) mass is 374 g/mol. The first-order valence-corrected chi connectivity index (χ1v) is 8.63. The van der Waals surface area contributed by atoms with Crippen LogP contribution in [-0.4, -0.2) is 54.9 Å². The number of rotatable bonds is 4. The second kappa shape index (κ2) is 8.16. The van der Waals surface area contributed by atoms with Crippen LogP contribution in [0.4, 0.5) is 8.78 Å². The van der Waals surface area contributed by atoms with Crippen LogP contribution in [0.3, 0.4) is 0 Å². The first-order valence-electron chi connectivity index (χ1n) is 8.63. The molecule has 1 heterocycles. The lowest BCUT2D eigenvalue weighted by Gasteiger charge is -2.35. The Hall–Kier alpha value is -2.96. The fourth-order valence-corrected chi connectivity index (χ4v) is 3.07. The average molecular weight is 374 g/mol. The first-order chi connectivity index (χ1) is 13.0. The minimum Gasteiger partial charge on any atom is -0.494 e. The van der Waals surface area contributed by atoms with E-state index in [2.05, 4.69) is 0 Å². The molecule has 0 unspecified atom stereocenters. The van der Waals surface area contributed by atoms with E-state index in [-0.39, 0.29) is 24.0 Å².